The summed E-state index contributed by atoms with van der Waals surface area (Å²) in [6.07, 6.45) is -4.51. The summed E-state index contributed by atoms with van der Waals surface area (Å²) in [5.41, 5.74) is 5.56. The molecule has 0 aliphatic carbocycles. The molecule has 0 amide bonds. The van der Waals surface area contributed by atoms with E-state index in [4.69, 9.17) is 15.2 Å². The number of alkyl halides is 3. The fourth-order valence-corrected chi connectivity index (χ4v) is 1.61. The highest BCUT2D eigenvalue weighted by Crippen LogP contribution is 2.39. The van der Waals surface area contributed by atoms with E-state index in [-0.39, 0.29) is 11.3 Å². The molecule has 0 bridgehead atoms. The molecule has 0 heterocycles. The highest BCUT2D eigenvalue weighted by atomic mass is 19.4. The summed E-state index contributed by atoms with van der Waals surface area (Å²) in [6, 6.07) is 0.642. The van der Waals surface area contributed by atoms with Gasteiger partial charge in [-0.1, -0.05) is 0 Å². The first kappa shape index (κ1) is 13.6. The number of nitrogens with two attached hydrogens (primary N) is 1. The van der Waals surface area contributed by atoms with E-state index in [1.165, 1.54) is 26.4 Å². The van der Waals surface area contributed by atoms with Crippen LogP contribution in [0.1, 0.15) is 17.2 Å². The van der Waals surface area contributed by atoms with Crippen molar-refractivity contribution >= 4 is 0 Å². The molecule has 0 fully saturated rings. The lowest BCUT2D eigenvalue weighted by molar-refractivity contribution is -0.149. The van der Waals surface area contributed by atoms with E-state index < -0.39 is 12.2 Å². The number of benzene rings is 1. The monoisotopic (exact) mass is 249 g/mol. The Hall–Kier alpha value is -1.43. The Morgan fingerprint density at radius 1 is 1.18 bits per heavy atom. The van der Waals surface area contributed by atoms with Gasteiger partial charge in [0.15, 0.2) is 0 Å². The van der Waals surface area contributed by atoms with E-state index in [1.54, 1.807) is 6.92 Å². The molecule has 2 N–H and O–H groups in total. The summed E-state index contributed by atoms with van der Waals surface area (Å²) in [6.45, 7) is 1.62. The number of hydrogen-bond donors (Lipinski definition) is 1. The summed E-state index contributed by atoms with van der Waals surface area (Å²) in [5.74, 6) is 0.564. The Kier molecular flexibility index (Phi) is 3.87. The maximum atomic E-state index is 12.6. The van der Waals surface area contributed by atoms with Gasteiger partial charge in [-0.05, 0) is 19.1 Å². The van der Waals surface area contributed by atoms with Crippen molar-refractivity contribution in [2.45, 2.75) is 19.1 Å². The standard InChI is InChI=1S/C11H14F3NO2/c1-6-8(16-2)5-4-7(9(6)17-3)10(15)11(12,13)14/h4-5,10H,15H2,1-3H3. The van der Waals surface area contributed by atoms with Crippen LogP contribution in [0.4, 0.5) is 13.2 Å². The molecule has 17 heavy (non-hydrogen) atoms. The first-order valence-electron chi connectivity index (χ1n) is 4.86. The van der Waals surface area contributed by atoms with Crippen molar-refractivity contribution in [3.05, 3.63) is 23.3 Å². The van der Waals surface area contributed by atoms with Crippen LogP contribution >= 0.6 is 0 Å². The van der Waals surface area contributed by atoms with E-state index >= 15 is 0 Å². The predicted molar refractivity (Wildman–Crippen MR) is 57.3 cm³/mol. The number of hydrogen-bond acceptors (Lipinski definition) is 3. The van der Waals surface area contributed by atoms with Crippen LogP contribution in [0.3, 0.4) is 0 Å². The average Bonchev–Trinajstić information content (AvgIpc) is 2.26. The van der Waals surface area contributed by atoms with Gasteiger partial charge in [0.1, 0.15) is 17.5 Å². The van der Waals surface area contributed by atoms with Crippen LogP contribution in [0.25, 0.3) is 0 Å². The molecular weight excluding hydrogens is 235 g/mol. The lowest BCUT2D eigenvalue weighted by Gasteiger charge is -2.20. The Labute approximate surface area is 97.3 Å². The highest BCUT2D eigenvalue weighted by molar-refractivity contribution is 5.50. The van der Waals surface area contributed by atoms with Gasteiger partial charge in [0.05, 0.1) is 14.2 Å². The second-order valence-electron chi connectivity index (χ2n) is 3.53. The molecule has 0 saturated heterocycles. The Morgan fingerprint density at radius 2 is 1.76 bits per heavy atom. The lowest BCUT2D eigenvalue weighted by atomic mass is 10.0. The first-order valence-corrected chi connectivity index (χ1v) is 4.86. The van der Waals surface area contributed by atoms with E-state index in [1.807, 2.05) is 0 Å². The molecule has 0 aliphatic heterocycles. The third-order valence-electron chi connectivity index (χ3n) is 2.50. The molecule has 0 aromatic heterocycles. The minimum Gasteiger partial charge on any atom is -0.496 e. The van der Waals surface area contributed by atoms with Crippen molar-refractivity contribution in [3.8, 4) is 11.5 Å². The van der Waals surface area contributed by atoms with Gasteiger partial charge in [0.25, 0.3) is 0 Å². The number of rotatable bonds is 3. The zero-order valence-corrected chi connectivity index (χ0v) is 9.76. The minimum absolute atomic E-state index is 0.0988. The third kappa shape index (κ3) is 2.63. The molecule has 6 heteroatoms. The van der Waals surface area contributed by atoms with Crippen LogP contribution in [-0.2, 0) is 0 Å². The van der Waals surface area contributed by atoms with Crippen LogP contribution in [0, 0.1) is 6.92 Å². The van der Waals surface area contributed by atoms with Crippen LogP contribution in [0.2, 0.25) is 0 Å². The molecule has 1 rings (SSSR count). The Morgan fingerprint density at radius 3 is 2.18 bits per heavy atom. The second-order valence-corrected chi connectivity index (χ2v) is 3.53. The van der Waals surface area contributed by atoms with Crippen molar-refractivity contribution in [2.75, 3.05) is 14.2 Å². The predicted octanol–water partition coefficient (Wildman–Crippen LogP) is 2.57. The van der Waals surface area contributed by atoms with E-state index in [0.29, 0.717) is 11.3 Å². The van der Waals surface area contributed by atoms with Crippen molar-refractivity contribution in [3.63, 3.8) is 0 Å². The second kappa shape index (κ2) is 4.83. The molecule has 0 radical (unpaired) electrons. The Bertz CT molecular complexity index is 404. The van der Waals surface area contributed by atoms with Gasteiger partial charge in [0.2, 0.25) is 0 Å². The van der Waals surface area contributed by atoms with Gasteiger partial charge in [-0.3, -0.25) is 0 Å². The molecule has 0 aliphatic rings. The fourth-order valence-electron chi connectivity index (χ4n) is 1.61. The number of methoxy groups -OCH3 is 2. The van der Waals surface area contributed by atoms with Crippen molar-refractivity contribution in [2.24, 2.45) is 5.73 Å². The van der Waals surface area contributed by atoms with Gasteiger partial charge < -0.3 is 15.2 Å². The van der Waals surface area contributed by atoms with Crippen molar-refractivity contribution < 1.29 is 22.6 Å². The van der Waals surface area contributed by atoms with Gasteiger partial charge in [-0.15, -0.1) is 0 Å². The highest BCUT2D eigenvalue weighted by Gasteiger charge is 2.39. The summed E-state index contributed by atoms with van der Waals surface area (Å²) in [7, 11) is 2.74. The largest absolute Gasteiger partial charge is 0.496 e. The zero-order valence-electron chi connectivity index (χ0n) is 9.76. The van der Waals surface area contributed by atoms with Crippen molar-refractivity contribution in [1.82, 2.24) is 0 Å². The maximum Gasteiger partial charge on any atom is 0.407 e. The topological polar surface area (TPSA) is 44.5 Å². The quantitative estimate of drug-likeness (QED) is 0.895. The summed E-state index contributed by atoms with van der Waals surface area (Å²) in [4.78, 5) is 0. The smallest absolute Gasteiger partial charge is 0.407 e. The number of ether oxygens (including phenoxy) is 2. The van der Waals surface area contributed by atoms with E-state index in [2.05, 4.69) is 0 Å². The van der Waals surface area contributed by atoms with Crippen LogP contribution in [0.15, 0.2) is 12.1 Å². The first-order chi connectivity index (χ1) is 7.82. The molecule has 1 atom stereocenters. The zero-order chi connectivity index (χ0) is 13.2. The maximum absolute atomic E-state index is 12.6. The van der Waals surface area contributed by atoms with Gasteiger partial charge >= 0.3 is 6.18 Å². The van der Waals surface area contributed by atoms with Crippen LogP contribution < -0.4 is 15.2 Å². The molecule has 1 aromatic carbocycles. The summed E-state index contributed by atoms with van der Waals surface area (Å²) < 4.78 is 47.6. The van der Waals surface area contributed by atoms with Gasteiger partial charge in [-0.25, -0.2) is 0 Å². The summed E-state index contributed by atoms with van der Waals surface area (Å²) in [5, 5.41) is 0. The van der Waals surface area contributed by atoms with Crippen molar-refractivity contribution in [1.29, 1.82) is 0 Å². The van der Waals surface area contributed by atoms with E-state index in [9.17, 15) is 13.2 Å². The molecule has 0 spiro atoms. The van der Waals surface area contributed by atoms with Gasteiger partial charge in [-0.2, -0.15) is 13.2 Å². The lowest BCUT2D eigenvalue weighted by Crippen LogP contribution is -2.29. The molecule has 96 valence electrons. The normalized spacial score (nSPS) is 13.4. The summed E-state index contributed by atoms with van der Waals surface area (Å²) >= 11 is 0. The van der Waals surface area contributed by atoms with E-state index in [0.717, 1.165) is 0 Å². The number of halogens is 3. The molecule has 0 saturated carbocycles. The Balaban J connectivity index is 3.31. The average molecular weight is 249 g/mol. The minimum atomic E-state index is -4.51. The molecular formula is C11H14F3NO2. The van der Waals surface area contributed by atoms with Crippen LogP contribution in [0.5, 0.6) is 11.5 Å². The fraction of sp³-hybridized carbons (Fsp3) is 0.455. The van der Waals surface area contributed by atoms with Crippen LogP contribution in [-0.4, -0.2) is 20.4 Å². The molecule has 1 aromatic rings. The molecule has 1 unspecified atom stereocenters. The SMILES string of the molecule is COc1ccc(C(N)C(F)(F)F)c(OC)c1C. The molecule has 3 nitrogen and oxygen atoms in total. The van der Waals surface area contributed by atoms with Gasteiger partial charge in [0, 0.05) is 11.1 Å². The third-order valence-corrected chi connectivity index (χ3v) is 2.50.